The number of para-hydroxylation sites is 1. The average Bonchev–Trinajstić information content (AvgIpc) is 2.79. The molecule has 3 aromatic rings. The normalized spacial score (nSPS) is 11.0. The van der Waals surface area contributed by atoms with Gasteiger partial charge in [-0.15, -0.1) is 0 Å². The van der Waals surface area contributed by atoms with Gasteiger partial charge in [0.1, 0.15) is 0 Å². The molecule has 0 atom stereocenters. The molecule has 0 aliphatic heterocycles. The molecule has 3 rings (SSSR count). The molecule has 0 aliphatic carbocycles. The number of esters is 1. The number of primary sulfonamides is 1. The minimum absolute atomic E-state index is 0.143. The van der Waals surface area contributed by atoms with E-state index in [0.29, 0.717) is 17.3 Å². The van der Waals surface area contributed by atoms with Crippen LogP contribution in [0.3, 0.4) is 0 Å². The van der Waals surface area contributed by atoms with Gasteiger partial charge in [-0.25, -0.2) is 18.4 Å². The van der Waals surface area contributed by atoms with Crippen LogP contribution >= 0.6 is 11.6 Å². The Morgan fingerprint density at radius 1 is 0.970 bits per heavy atom. The second-order valence-corrected chi connectivity index (χ2v) is 9.04. The number of hydrogen-bond acceptors (Lipinski definition) is 6. The van der Waals surface area contributed by atoms with Crippen LogP contribution in [-0.4, -0.2) is 33.4 Å². The number of amides is 1. The van der Waals surface area contributed by atoms with Crippen LogP contribution in [0.4, 0.5) is 11.4 Å². The number of carbonyl (C=O) groups is 2. The lowest BCUT2D eigenvalue weighted by atomic mass is 10.1. The zero-order chi connectivity index (χ0) is 23.8. The number of ether oxygens (including phenoxy) is 1. The quantitative estimate of drug-likeness (QED) is 0.397. The van der Waals surface area contributed by atoms with Gasteiger partial charge < -0.3 is 15.4 Å². The first-order valence-corrected chi connectivity index (χ1v) is 11.8. The highest BCUT2D eigenvalue weighted by Crippen LogP contribution is 2.18. The average molecular weight is 488 g/mol. The van der Waals surface area contributed by atoms with Crippen LogP contribution in [0.25, 0.3) is 0 Å². The first-order chi connectivity index (χ1) is 15.7. The molecule has 0 radical (unpaired) electrons. The van der Waals surface area contributed by atoms with Gasteiger partial charge in [-0.3, -0.25) is 4.79 Å². The van der Waals surface area contributed by atoms with Gasteiger partial charge in [-0.2, -0.15) is 0 Å². The summed E-state index contributed by atoms with van der Waals surface area (Å²) in [7, 11) is -3.90. The van der Waals surface area contributed by atoms with E-state index in [2.05, 4.69) is 10.6 Å². The summed E-state index contributed by atoms with van der Waals surface area (Å²) in [5.41, 5.74) is 2.18. The molecule has 0 heterocycles. The third-order valence-electron chi connectivity index (χ3n) is 4.57. The molecule has 1 amide bonds. The van der Waals surface area contributed by atoms with E-state index in [4.69, 9.17) is 21.5 Å². The largest absolute Gasteiger partial charge is 0.452 e. The lowest BCUT2D eigenvalue weighted by Crippen LogP contribution is -2.22. The Bertz CT molecular complexity index is 1250. The van der Waals surface area contributed by atoms with Crippen molar-refractivity contribution in [3.05, 3.63) is 88.9 Å². The minimum Gasteiger partial charge on any atom is -0.452 e. The number of nitrogens with two attached hydrogens (primary N) is 1. The molecule has 0 saturated carbocycles. The van der Waals surface area contributed by atoms with E-state index in [1.165, 1.54) is 24.3 Å². The molecule has 8 nitrogen and oxygen atoms in total. The Hall–Kier alpha value is -3.40. The lowest BCUT2D eigenvalue weighted by molar-refractivity contribution is -0.119. The van der Waals surface area contributed by atoms with Crippen LogP contribution in [0.1, 0.15) is 15.9 Å². The van der Waals surface area contributed by atoms with Crippen molar-refractivity contribution in [2.45, 2.75) is 11.3 Å². The summed E-state index contributed by atoms with van der Waals surface area (Å²) in [5, 5.41) is 11.4. The van der Waals surface area contributed by atoms with Gasteiger partial charge in [0.25, 0.3) is 5.91 Å². The zero-order valence-corrected chi connectivity index (χ0v) is 19.0. The van der Waals surface area contributed by atoms with Crippen molar-refractivity contribution < 1.29 is 22.7 Å². The number of nitrogens with one attached hydrogen (secondary N) is 2. The van der Waals surface area contributed by atoms with Gasteiger partial charge in [0.05, 0.1) is 10.5 Å². The van der Waals surface area contributed by atoms with Gasteiger partial charge in [-0.1, -0.05) is 41.9 Å². The number of carbonyl (C=O) groups excluding carboxylic acids is 2. The van der Waals surface area contributed by atoms with Crippen molar-refractivity contribution in [2.24, 2.45) is 5.14 Å². The molecule has 0 fully saturated rings. The third kappa shape index (κ3) is 7.31. The second kappa shape index (κ2) is 11.0. The van der Waals surface area contributed by atoms with E-state index in [1.807, 2.05) is 24.3 Å². The van der Waals surface area contributed by atoms with Crippen LogP contribution in [-0.2, 0) is 26.0 Å². The second-order valence-electron chi connectivity index (χ2n) is 7.05. The van der Waals surface area contributed by atoms with Crippen molar-refractivity contribution in [2.75, 3.05) is 23.8 Å². The van der Waals surface area contributed by atoms with Crippen LogP contribution in [0.15, 0.2) is 77.7 Å². The summed E-state index contributed by atoms with van der Waals surface area (Å²) >= 11 is 5.89. The number of anilines is 2. The molecule has 0 saturated heterocycles. The van der Waals surface area contributed by atoms with E-state index in [1.54, 1.807) is 24.3 Å². The first kappa shape index (κ1) is 24.2. The summed E-state index contributed by atoms with van der Waals surface area (Å²) in [5.74, 6) is -1.29. The van der Waals surface area contributed by atoms with Gasteiger partial charge in [-0.05, 0) is 54.4 Å². The van der Waals surface area contributed by atoms with Crippen molar-refractivity contribution in [1.29, 1.82) is 0 Å². The smallest absolute Gasteiger partial charge is 0.340 e. The van der Waals surface area contributed by atoms with Crippen molar-refractivity contribution in [1.82, 2.24) is 0 Å². The molecular weight excluding hydrogens is 466 g/mol. The summed E-state index contributed by atoms with van der Waals surface area (Å²) in [6.45, 7) is 0.0321. The fourth-order valence-electron chi connectivity index (χ4n) is 2.96. The summed E-state index contributed by atoms with van der Waals surface area (Å²) in [4.78, 5) is 24.5. The standard InChI is InChI=1S/C23H22ClN3O5S/c24-17-10-8-16(9-11-17)12-13-26-21-7-2-1-6-20(21)23(29)32-15-22(28)27-18-4-3-5-19(14-18)33(25,30)31/h1-11,14,26H,12-13,15H2,(H,27,28)(H2,25,30,31). The number of benzene rings is 3. The van der Waals surface area contributed by atoms with Gasteiger partial charge in [0, 0.05) is 22.9 Å². The predicted octanol–water partition coefficient (Wildman–Crippen LogP) is 3.44. The van der Waals surface area contributed by atoms with Gasteiger partial charge in [0.15, 0.2) is 6.61 Å². The van der Waals surface area contributed by atoms with Crippen molar-refractivity contribution >= 4 is 44.9 Å². The van der Waals surface area contributed by atoms with Crippen LogP contribution in [0, 0.1) is 0 Å². The van der Waals surface area contributed by atoms with Crippen LogP contribution in [0.2, 0.25) is 5.02 Å². The summed E-state index contributed by atoms with van der Waals surface area (Å²) < 4.78 is 28.0. The Balaban J connectivity index is 1.55. The highest BCUT2D eigenvalue weighted by molar-refractivity contribution is 7.89. The number of sulfonamides is 1. The number of hydrogen-bond donors (Lipinski definition) is 3. The highest BCUT2D eigenvalue weighted by atomic mass is 35.5. The fraction of sp³-hybridized carbons (Fsp3) is 0.130. The first-order valence-electron chi connectivity index (χ1n) is 9.89. The monoisotopic (exact) mass is 487 g/mol. The predicted molar refractivity (Wildman–Crippen MR) is 127 cm³/mol. The Kier molecular flexibility index (Phi) is 8.05. The molecule has 10 heteroatoms. The molecule has 172 valence electrons. The molecule has 33 heavy (non-hydrogen) atoms. The lowest BCUT2D eigenvalue weighted by Gasteiger charge is -2.12. The fourth-order valence-corrected chi connectivity index (χ4v) is 3.65. The molecule has 0 spiro atoms. The van der Waals surface area contributed by atoms with E-state index >= 15 is 0 Å². The Morgan fingerprint density at radius 2 is 1.70 bits per heavy atom. The minimum atomic E-state index is -3.90. The Labute approximate surface area is 196 Å². The van der Waals surface area contributed by atoms with E-state index in [9.17, 15) is 18.0 Å². The van der Waals surface area contributed by atoms with Crippen LogP contribution in [0.5, 0.6) is 0 Å². The highest BCUT2D eigenvalue weighted by Gasteiger charge is 2.15. The molecule has 0 aromatic heterocycles. The molecule has 3 aromatic carbocycles. The molecular formula is C23H22ClN3O5S. The zero-order valence-electron chi connectivity index (χ0n) is 17.5. The maximum Gasteiger partial charge on any atom is 0.340 e. The Morgan fingerprint density at radius 3 is 2.42 bits per heavy atom. The summed E-state index contributed by atoms with van der Waals surface area (Å²) in [6, 6.07) is 19.8. The van der Waals surface area contributed by atoms with Gasteiger partial charge >= 0.3 is 5.97 Å². The third-order valence-corrected chi connectivity index (χ3v) is 5.73. The maximum absolute atomic E-state index is 12.5. The SMILES string of the molecule is NS(=O)(=O)c1cccc(NC(=O)COC(=O)c2ccccc2NCCc2ccc(Cl)cc2)c1. The number of halogens is 1. The summed E-state index contributed by atoms with van der Waals surface area (Å²) in [6.07, 6.45) is 0.723. The van der Waals surface area contributed by atoms with E-state index in [0.717, 1.165) is 12.0 Å². The molecule has 0 aliphatic rings. The van der Waals surface area contributed by atoms with Crippen molar-refractivity contribution in [3.8, 4) is 0 Å². The van der Waals surface area contributed by atoms with Crippen LogP contribution < -0.4 is 15.8 Å². The topological polar surface area (TPSA) is 128 Å². The van der Waals surface area contributed by atoms with Crippen molar-refractivity contribution in [3.63, 3.8) is 0 Å². The van der Waals surface area contributed by atoms with Gasteiger partial charge in [0.2, 0.25) is 10.0 Å². The maximum atomic E-state index is 12.5. The van der Waals surface area contributed by atoms with E-state index < -0.39 is 28.5 Å². The van der Waals surface area contributed by atoms with E-state index in [-0.39, 0.29) is 16.1 Å². The molecule has 4 N–H and O–H groups in total. The molecule has 0 unspecified atom stereocenters. The number of rotatable bonds is 9. The molecule has 0 bridgehead atoms.